The fraction of sp³-hybridized carbons (Fsp3) is 0.407. The molecule has 0 radical (unpaired) electrons. The van der Waals surface area contributed by atoms with Gasteiger partial charge in [-0.1, -0.05) is 18.2 Å². The maximum Gasteiger partial charge on any atom is 0.459 e. The zero-order valence-corrected chi connectivity index (χ0v) is 24.1. The molecule has 0 aliphatic rings. The number of nitrogens with two attached hydrogens (primary N) is 1. The molecule has 13 heteroatoms. The summed E-state index contributed by atoms with van der Waals surface area (Å²) in [6.45, 7) is 9.60. The van der Waals surface area contributed by atoms with Gasteiger partial charge in [0.05, 0.1) is 29.8 Å². The van der Waals surface area contributed by atoms with E-state index >= 15 is 0 Å². The molecule has 0 bridgehead atoms. The van der Waals surface area contributed by atoms with Crippen LogP contribution in [0.15, 0.2) is 48.8 Å². The Bertz CT molecular complexity index is 1510. The number of nitrogens with one attached hydrogen (secondary N) is 1. The SMILES string of the molecule is CCOCc1nc2c(N)nc3ccccc3c2n1C[C@H](C)O[P@](=O)(N[C@@H](C)C(=O)OC(C)C)Oc1ccncc1. The van der Waals surface area contributed by atoms with Gasteiger partial charge in [-0.3, -0.25) is 14.3 Å². The molecule has 3 heterocycles. The number of aromatic nitrogens is 4. The molecule has 3 N–H and O–H groups in total. The number of hydrogen-bond donors (Lipinski definition) is 2. The summed E-state index contributed by atoms with van der Waals surface area (Å²) in [6, 6.07) is 9.74. The van der Waals surface area contributed by atoms with E-state index in [4.69, 9.17) is 29.2 Å². The highest BCUT2D eigenvalue weighted by molar-refractivity contribution is 7.52. The molecule has 0 saturated heterocycles. The predicted molar refractivity (Wildman–Crippen MR) is 152 cm³/mol. The van der Waals surface area contributed by atoms with Gasteiger partial charge in [0.1, 0.15) is 29.7 Å². The number of hydrogen-bond acceptors (Lipinski definition) is 10. The van der Waals surface area contributed by atoms with Crippen LogP contribution < -0.4 is 15.3 Å². The van der Waals surface area contributed by atoms with Crippen molar-refractivity contribution in [1.29, 1.82) is 0 Å². The largest absolute Gasteiger partial charge is 0.462 e. The Morgan fingerprint density at radius 3 is 2.52 bits per heavy atom. The number of pyridine rings is 2. The molecule has 12 nitrogen and oxygen atoms in total. The lowest BCUT2D eigenvalue weighted by Crippen LogP contribution is -2.37. The summed E-state index contributed by atoms with van der Waals surface area (Å²) < 4.78 is 38.8. The fourth-order valence-electron chi connectivity index (χ4n) is 4.17. The minimum atomic E-state index is -4.10. The smallest absolute Gasteiger partial charge is 0.459 e. The second kappa shape index (κ2) is 12.7. The van der Waals surface area contributed by atoms with Crippen molar-refractivity contribution in [2.45, 2.75) is 66.0 Å². The number of imidazole rings is 1. The van der Waals surface area contributed by atoms with Gasteiger partial charge in [0, 0.05) is 24.4 Å². The van der Waals surface area contributed by atoms with Crippen LogP contribution >= 0.6 is 7.75 Å². The lowest BCUT2D eigenvalue weighted by Gasteiger charge is -2.26. The van der Waals surface area contributed by atoms with E-state index in [2.05, 4.69) is 15.1 Å². The summed E-state index contributed by atoms with van der Waals surface area (Å²) in [5.74, 6) is 0.588. The summed E-state index contributed by atoms with van der Waals surface area (Å²) in [7, 11) is -4.10. The van der Waals surface area contributed by atoms with Crippen LogP contribution in [0.4, 0.5) is 5.82 Å². The van der Waals surface area contributed by atoms with Gasteiger partial charge in [-0.2, -0.15) is 5.09 Å². The van der Waals surface area contributed by atoms with Gasteiger partial charge in [-0.25, -0.2) is 14.5 Å². The number of rotatable bonds is 13. The number of esters is 1. The van der Waals surface area contributed by atoms with Crippen LogP contribution in [0.25, 0.3) is 21.9 Å². The zero-order chi connectivity index (χ0) is 28.9. The highest BCUT2D eigenvalue weighted by Crippen LogP contribution is 2.46. The van der Waals surface area contributed by atoms with Gasteiger partial charge >= 0.3 is 13.7 Å². The van der Waals surface area contributed by atoms with E-state index in [-0.39, 0.29) is 25.0 Å². The third-order valence-corrected chi connectivity index (χ3v) is 7.61. The van der Waals surface area contributed by atoms with Crippen LogP contribution in [0.5, 0.6) is 5.75 Å². The predicted octanol–water partition coefficient (Wildman–Crippen LogP) is 4.62. The molecule has 0 spiro atoms. The Balaban J connectivity index is 1.68. The molecule has 40 heavy (non-hydrogen) atoms. The number of benzene rings is 1. The molecule has 4 aromatic rings. The van der Waals surface area contributed by atoms with Crippen LogP contribution in [0.1, 0.15) is 40.4 Å². The first-order chi connectivity index (χ1) is 19.1. The van der Waals surface area contributed by atoms with E-state index in [1.807, 2.05) is 35.8 Å². The molecule has 0 aliphatic heterocycles. The molecule has 0 fully saturated rings. The fourth-order valence-corrected chi connectivity index (χ4v) is 5.85. The number of ether oxygens (including phenoxy) is 2. The molecule has 0 saturated carbocycles. The molecule has 0 aliphatic carbocycles. The minimum absolute atomic E-state index is 0.225. The standard InChI is InChI=1S/C27H35N6O6P/c1-6-36-16-23-31-24-25(21-9-7-8-10-22(21)30-26(24)28)33(23)15-18(4)38-40(35,39-20-11-13-29-14-12-20)32-19(5)27(34)37-17(2)3/h7-14,17-19H,6,15-16H2,1-5H3,(H2,28,30)(H,32,35)/t18-,19-,40+/m0/s1. The van der Waals surface area contributed by atoms with E-state index in [0.717, 1.165) is 16.4 Å². The third-order valence-electron chi connectivity index (χ3n) is 5.82. The second-order valence-corrected chi connectivity index (χ2v) is 11.2. The van der Waals surface area contributed by atoms with Crippen molar-refractivity contribution >= 4 is 41.5 Å². The van der Waals surface area contributed by atoms with Gasteiger partial charge in [0.2, 0.25) is 0 Å². The van der Waals surface area contributed by atoms with Gasteiger partial charge in [-0.15, -0.1) is 0 Å². The topological polar surface area (TPSA) is 153 Å². The molecule has 1 aromatic carbocycles. The summed E-state index contributed by atoms with van der Waals surface area (Å²) in [5.41, 5.74) is 8.31. The number of nitrogens with zero attached hydrogens (tertiary/aromatic N) is 4. The second-order valence-electron chi connectivity index (χ2n) is 9.51. The van der Waals surface area contributed by atoms with Crippen molar-refractivity contribution in [3.05, 3.63) is 54.6 Å². The van der Waals surface area contributed by atoms with Crippen molar-refractivity contribution in [2.24, 2.45) is 0 Å². The molecular weight excluding hydrogens is 535 g/mol. The molecule has 3 atom stereocenters. The number of para-hydroxylation sites is 1. The Morgan fingerprint density at radius 1 is 1.10 bits per heavy atom. The maximum absolute atomic E-state index is 14.0. The molecule has 0 unspecified atom stereocenters. The van der Waals surface area contributed by atoms with Crippen molar-refractivity contribution < 1.29 is 27.9 Å². The number of fused-ring (bicyclic) bond motifs is 3. The third kappa shape index (κ3) is 6.95. The minimum Gasteiger partial charge on any atom is -0.462 e. The first-order valence-electron chi connectivity index (χ1n) is 13.1. The quantitative estimate of drug-likeness (QED) is 0.171. The molecule has 0 amide bonds. The molecule has 3 aromatic heterocycles. The van der Waals surface area contributed by atoms with E-state index in [1.54, 1.807) is 32.9 Å². The van der Waals surface area contributed by atoms with Crippen LogP contribution in [-0.4, -0.2) is 50.3 Å². The van der Waals surface area contributed by atoms with Gasteiger partial charge < -0.3 is 24.3 Å². The maximum atomic E-state index is 14.0. The van der Waals surface area contributed by atoms with Gasteiger partial charge in [0.15, 0.2) is 5.82 Å². The lowest BCUT2D eigenvalue weighted by molar-refractivity contribution is -0.149. The van der Waals surface area contributed by atoms with Crippen LogP contribution in [0, 0.1) is 0 Å². The van der Waals surface area contributed by atoms with Gasteiger partial charge in [-0.05, 0) is 52.8 Å². The number of carbonyl (C=O) groups excluding carboxylic acids is 1. The summed E-state index contributed by atoms with van der Waals surface area (Å²) in [6.07, 6.45) is 1.98. The average molecular weight is 571 g/mol. The number of carbonyl (C=O) groups is 1. The van der Waals surface area contributed by atoms with Gasteiger partial charge in [0.25, 0.3) is 0 Å². The monoisotopic (exact) mass is 570 g/mol. The van der Waals surface area contributed by atoms with Crippen LogP contribution in [0.2, 0.25) is 0 Å². The van der Waals surface area contributed by atoms with E-state index in [1.165, 1.54) is 19.3 Å². The Labute approximate surface area is 232 Å². The summed E-state index contributed by atoms with van der Waals surface area (Å²) in [5, 5.41) is 3.57. The van der Waals surface area contributed by atoms with Crippen LogP contribution in [-0.2, 0) is 36.5 Å². The van der Waals surface area contributed by atoms with Crippen molar-refractivity contribution in [3.63, 3.8) is 0 Å². The first-order valence-corrected chi connectivity index (χ1v) is 14.6. The van der Waals surface area contributed by atoms with E-state index in [9.17, 15) is 9.36 Å². The van der Waals surface area contributed by atoms with E-state index < -0.39 is 25.9 Å². The Morgan fingerprint density at radius 2 is 1.82 bits per heavy atom. The molecule has 214 valence electrons. The lowest BCUT2D eigenvalue weighted by atomic mass is 10.2. The molecular formula is C27H35N6O6P. The first kappa shape index (κ1) is 29.4. The number of nitrogen functional groups attached to an aromatic ring is 1. The average Bonchev–Trinajstić information content (AvgIpc) is 3.26. The summed E-state index contributed by atoms with van der Waals surface area (Å²) in [4.78, 5) is 25.7. The van der Waals surface area contributed by atoms with Crippen molar-refractivity contribution in [2.75, 3.05) is 12.3 Å². The Kier molecular flexibility index (Phi) is 9.36. The summed E-state index contributed by atoms with van der Waals surface area (Å²) >= 11 is 0. The van der Waals surface area contributed by atoms with Crippen molar-refractivity contribution in [3.8, 4) is 5.75 Å². The van der Waals surface area contributed by atoms with E-state index in [0.29, 0.717) is 23.8 Å². The highest BCUT2D eigenvalue weighted by atomic mass is 31.2. The van der Waals surface area contributed by atoms with Crippen molar-refractivity contribution in [1.82, 2.24) is 24.6 Å². The number of anilines is 1. The zero-order valence-electron chi connectivity index (χ0n) is 23.2. The highest BCUT2D eigenvalue weighted by Gasteiger charge is 2.35. The molecule has 4 rings (SSSR count). The normalized spacial score (nSPS) is 14.8. The van der Waals surface area contributed by atoms with Crippen LogP contribution in [0.3, 0.4) is 0 Å². The Hall–Kier alpha value is -3.57.